The van der Waals surface area contributed by atoms with Crippen molar-refractivity contribution in [2.75, 3.05) is 18.5 Å². The van der Waals surface area contributed by atoms with Gasteiger partial charge < -0.3 is 10.4 Å². The van der Waals surface area contributed by atoms with E-state index in [0.29, 0.717) is 18.4 Å². The standard InChI is InChI=1S/C11H19N3OS/c1-8-13-11(16-14-8)12-6-9-4-2-3-5-10(9)7-15/h9-10,15H,2-7H2,1H3,(H,12,13,14). The molecule has 2 unspecified atom stereocenters. The third-order valence-electron chi connectivity index (χ3n) is 3.34. The lowest BCUT2D eigenvalue weighted by Crippen LogP contribution is -2.28. The van der Waals surface area contributed by atoms with Crippen LogP contribution in [0.15, 0.2) is 0 Å². The molecule has 1 heterocycles. The van der Waals surface area contributed by atoms with E-state index < -0.39 is 0 Å². The van der Waals surface area contributed by atoms with E-state index in [1.54, 1.807) is 0 Å². The summed E-state index contributed by atoms with van der Waals surface area (Å²) >= 11 is 1.41. The summed E-state index contributed by atoms with van der Waals surface area (Å²) in [6, 6.07) is 0. The Labute approximate surface area is 100 Å². The van der Waals surface area contributed by atoms with Crippen molar-refractivity contribution in [3.05, 3.63) is 5.82 Å². The van der Waals surface area contributed by atoms with Crippen molar-refractivity contribution in [2.45, 2.75) is 32.6 Å². The van der Waals surface area contributed by atoms with Gasteiger partial charge in [0.05, 0.1) is 0 Å². The molecule has 0 radical (unpaired) electrons. The minimum Gasteiger partial charge on any atom is -0.396 e. The van der Waals surface area contributed by atoms with E-state index in [1.165, 1.54) is 30.8 Å². The number of aliphatic hydroxyl groups excluding tert-OH is 1. The Hall–Kier alpha value is -0.680. The molecule has 0 aliphatic heterocycles. The van der Waals surface area contributed by atoms with Crippen LogP contribution in [0.1, 0.15) is 31.5 Å². The van der Waals surface area contributed by atoms with Gasteiger partial charge in [-0.3, -0.25) is 0 Å². The van der Waals surface area contributed by atoms with Gasteiger partial charge in [-0.05, 0) is 31.6 Å². The summed E-state index contributed by atoms with van der Waals surface area (Å²) < 4.78 is 4.14. The van der Waals surface area contributed by atoms with Crippen molar-refractivity contribution in [3.63, 3.8) is 0 Å². The smallest absolute Gasteiger partial charge is 0.202 e. The average Bonchev–Trinajstić information content (AvgIpc) is 2.73. The number of rotatable bonds is 4. The molecule has 2 rings (SSSR count). The maximum absolute atomic E-state index is 9.31. The Balaban J connectivity index is 1.84. The van der Waals surface area contributed by atoms with Crippen LogP contribution in [-0.2, 0) is 0 Å². The normalized spacial score (nSPS) is 25.6. The number of nitrogens with one attached hydrogen (secondary N) is 1. The first-order valence-electron chi connectivity index (χ1n) is 5.94. The van der Waals surface area contributed by atoms with E-state index in [1.807, 2.05) is 6.92 Å². The zero-order chi connectivity index (χ0) is 11.4. The van der Waals surface area contributed by atoms with Crippen LogP contribution >= 0.6 is 11.5 Å². The number of aliphatic hydroxyl groups is 1. The highest BCUT2D eigenvalue weighted by atomic mass is 32.1. The van der Waals surface area contributed by atoms with Crippen molar-refractivity contribution >= 4 is 16.7 Å². The molecule has 5 heteroatoms. The lowest BCUT2D eigenvalue weighted by atomic mass is 9.80. The van der Waals surface area contributed by atoms with E-state index in [0.717, 1.165) is 23.9 Å². The molecule has 0 bridgehead atoms. The molecule has 16 heavy (non-hydrogen) atoms. The van der Waals surface area contributed by atoms with Gasteiger partial charge in [-0.15, -0.1) is 0 Å². The third kappa shape index (κ3) is 2.92. The molecular weight excluding hydrogens is 222 g/mol. The molecule has 1 aromatic heterocycles. The lowest BCUT2D eigenvalue weighted by Gasteiger charge is -2.30. The Kier molecular flexibility index (Phi) is 4.12. The Morgan fingerprint density at radius 3 is 2.75 bits per heavy atom. The first-order valence-corrected chi connectivity index (χ1v) is 6.72. The summed E-state index contributed by atoms with van der Waals surface area (Å²) in [5, 5.41) is 13.5. The minimum absolute atomic E-state index is 0.321. The summed E-state index contributed by atoms with van der Waals surface area (Å²) in [6.07, 6.45) is 4.94. The average molecular weight is 241 g/mol. The largest absolute Gasteiger partial charge is 0.396 e. The second kappa shape index (κ2) is 5.59. The van der Waals surface area contributed by atoms with Gasteiger partial charge in [-0.25, -0.2) is 4.98 Å². The molecule has 1 aliphatic rings. The molecule has 2 N–H and O–H groups in total. The van der Waals surface area contributed by atoms with Crippen molar-refractivity contribution in [1.29, 1.82) is 0 Å². The fourth-order valence-electron chi connectivity index (χ4n) is 2.38. The fraction of sp³-hybridized carbons (Fsp3) is 0.818. The van der Waals surface area contributed by atoms with E-state index in [-0.39, 0.29) is 0 Å². The van der Waals surface area contributed by atoms with Crippen LogP contribution in [-0.4, -0.2) is 27.6 Å². The number of aryl methyl sites for hydroxylation is 1. The van der Waals surface area contributed by atoms with Gasteiger partial charge in [-0.1, -0.05) is 12.8 Å². The molecular formula is C11H19N3OS. The third-order valence-corrected chi connectivity index (χ3v) is 4.11. The number of hydrogen-bond acceptors (Lipinski definition) is 5. The highest BCUT2D eigenvalue weighted by molar-refractivity contribution is 7.09. The first-order chi connectivity index (χ1) is 7.79. The van der Waals surface area contributed by atoms with Gasteiger partial charge >= 0.3 is 0 Å². The molecule has 0 spiro atoms. The molecule has 90 valence electrons. The first kappa shape index (κ1) is 11.8. The van der Waals surface area contributed by atoms with Crippen LogP contribution in [0.4, 0.5) is 5.13 Å². The van der Waals surface area contributed by atoms with Crippen molar-refractivity contribution in [2.24, 2.45) is 11.8 Å². The number of nitrogens with zero attached hydrogens (tertiary/aromatic N) is 2. The monoisotopic (exact) mass is 241 g/mol. The number of anilines is 1. The fourth-order valence-corrected chi connectivity index (χ4v) is 2.96. The van der Waals surface area contributed by atoms with Crippen LogP contribution in [0.3, 0.4) is 0 Å². The second-order valence-corrected chi connectivity index (χ2v) is 5.27. The van der Waals surface area contributed by atoms with Crippen LogP contribution in [0, 0.1) is 18.8 Å². The molecule has 0 saturated heterocycles. The second-order valence-electron chi connectivity index (χ2n) is 4.51. The van der Waals surface area contributed by atoms with E-state index in [2.05, 4.69) is 14.7 Å². The SMILES string of the molecule is Cc1nsc(NCC2CCCCC2CO)n1. The summed E-state index contributed by atoms with van der Waals surface area (Å²) in [4.78, 5) is 4.28. The molecule has 1 aliphatic carbocycles. The highest BCUT2D eigenvalue weighted by Gasteiger charge is 2.24. The van der Waals surface area contributed by atoms with Crippen LogP contribution in [0.2, 0.25) is 0 Å². The number of hydrogen-bond donors (Lipinski definition) is 2. The van der Waals surface area contributed by atoms with Crippen molar-refractivity contribution < 1.29 is 5.11 Å². The predicted octanol–water partition coefficient (Wildman–Crippen LogP) is 2.06. The van der Waals surface area contributed by atoms with Crippen LogP contribution < -0.4 is 5.32 Å². The summed E-state index contributed by atoms with van der Waals surface area (Å²) in [7, 11) is 0. The van der Waals surface area contributed by atoms with E-state index in [9.17, 15) is 5.11 Å². The molecule has 2 atom stereocenters. The van der Waals surface area contributed by atoms with Gasteiger partial charge in [0.15, 0.2) is 0 Å². The summed E-state index contributed by atoms with van der Waals surface area (Å²) in [6.45, 7) is 3.14. The van der Waals surface area contributed by atoms with Gasteiger partial charge in [0, 0.05) is 24.7 Å². The molecule has 4 nitrogen and oxygen atoms in total. The Bertz CT molecular complexity index is 329. The zero-order valence-electron chi connectivity index (χ0n) is 9.65. The van der Waals surface area contributed by atoms with Gasteiger partial charge in [-0.2, -0.15) is 4.37 Å². The molecule has 1 fully saturated rings. The highest BCUT2D eigenvalue weighted by Crippen LogP contribution is 2.29. The maximum atomic E-state index is 9.31. The summed E-state index contributed by atoms with van der Waals surface area (Å²) in [5.41, 5.74) is 0. The van der Waals surface area contributed by atoms with E-state index in [4.69, 9.17) is 0 Å². The van der Waals surface area contributed by atoms with Crippen LogP contribution in [0.25, 0.3) is 0 Å². The Morgan fingerprint density at radius 1 is 1.38 bits per heavy atom. The topological polar surface area (TPSA) is 58.0 Å². The van der Waals surface area contributed by atoms with E-state index >= 15 is 0 Å². The number of aromatic nitrogens is 2. The lowest BCUT2D eigenvalue weighted by molar-refractivity contribution is 0.141. The van der Waals surface area contributed by atoms with Crippen molar-refractivity contribution in [3.8, 4) is 0 Å². The molecule has 0 amide bonds. The van der Waals surface area contributed by atoms with Gasteiger partial charge in [0.2, 0.25) is 5.13 Å². The minimum atomic E-state index is 0.321. The molecule has 1 saturated carbocycles. The molecule has 0 aromatic carbocycles. The Morgan fingerprint density at radius 2 is 2.12 bits per heavy atom. The quantitative estimate of drug-likeness (QED) is 0.847. The molecule has 1 aromatic rings. The predicted molar refractivity (Wildman–Crippen MR) is 65.7 cm³/mol. The van der Waals surface area contributed by atoms with Gasteiger partial charge in [0.1, 0.15) is 5.82 Å². The maximum Gasteiger partial charge on any atom is 0.202 e. The van der Waals surface area contributed by atoms with Crippen molar-refractivity contribution in [1.82, 2.24) is 9.36 Å². The summed E-state index contributed by atoms with van der Waals surface area (Å²) in [5.74, 6) is 1.88. The van der Waals surface area contributed by atoms with Crippen LogP contribution in [0.5, 0.6) is 0 Å². The van der Waals surface area contributed by atoms with Gasteiger partial charge in [0.25, 0.3) is 0 Å². The zero-order valence-corrected chi connectivity index (χ0v) is 10.5.